The van der Waals surface area contributed by atoms with Crippen LogP contribution in [0.5, 0.6) is 17.4 Å². The van der Waals surface area contributed by atoms with Crippen molar-refractivity contribution < 1.29 is 23.9 Å². The van der Waals surface area contributed by atoms with E-state index in [4.69, 9.17) is 14.2 Å². The number of pyridine rings is 1. The molecule has 0 amide bonds. The molecule has 34 heavy (non-hydrogen) atoms. The molecule has 0 aliphatic carbocycles. The average Bonchev–Trinajstić information content (AvgIpc) is 3.16. The van der Waals surface area contributed by atoms with Gasteiger partial charge in [-0.1, -0.05) is 12.1 Å². The van der Waals surface area contributed by atoms with Crippen molar-refractivity contribution in [2.75, 3.05) is 14.2 Å². The third-order valence-corrected chi connectivity index (χ3v) is 5.56. The third kappa shape index (κ3) is 4.27. The van der Waals surface area contributed by atoms with Gasteiger partial charge in [0.05, 0.1) is 25.6 Å². The number of nitrogens with zero attached hydrogens (tertiary/aromatic N) is 3. The zero-order chi connectivity index (χ0) is 24.4. The molecule has 0 unspecified atom stereocenters. The Morgan fingerprint density at radius 3 is 2.50 bits per heavy atom. The number of benzene rings is 2. The van der Waals surface area contributed by atoms with Gasteiger partial charge in [0, 0.05) is 47.6 Å². The molecule has 4 rings (SSSR count). The van der Waals surface area contributed by atoms with Crippen LogP contribution in [0.1, 0.15) is 11.1 Å². The predicted molar refractivity (Wildman–Crippen MR) is 126 cm³/mol. The smallest absolute Gasteiger partial charge is 0.309 e. The first kappa shape index (κ1) is 22.8. The number of esters is 1. The summed E-state index contributed by atoms with van der Waals surface area (Å²) in [4.78, 5) is 27.1. The maximum absolute atomic E-state index is 11.7. The van der Waals surface area contributed by atoms with Crippen LogP contribution < -0.4 is 9.47 Å². The van der Waals surface area contributed by atoms with Gasteiger partial charge in [-0.2, -0.15) is 0 Å². The van der Waals surface area contributed by atoms with E-state index in [0.717, 1.165) is 22.0 Å². The summed E-state index contributed by atoms with van der Waals surface area (Å²) in [6.07, 6.45) is 3.66. The topological polar surface area (TPSA) is 106 Å². The van der Waals surface area contributed by atoms with Crippen molar-refractivity contribution in [1.82, 2.24) is 9.55 Å². The van der Waals surface area contributed by atoms with E-state index in [9.17, 15) is 14.9 Å². The number of carbonyl (C=O) groups is 1. The van der Waals surface area contributed by atoms with Gasteiger partial charge in [-0.3, -0.25) is 14.9 Å². The number of nitro groups is 1. The van der Waals surface area contributed by atoms with E-state index in [0.29, 0.717) is 28.5 Å². The summed E-state index contributed by atoms with van der Waals surface area (Å²) in [6, 6.07) is 12.1. The number of aryl methyl sites for hydroxylation is 2. The molecule has 0 bridgehead atoms. The molecule has 0 aliphatic heterocycles. The van der Waals surface area contributed by atoms with E-state index in [1.54, 1.807) is 50.6 Å². The fourth-order valence-electron chi connectivity index (χ4n) is 3.89. The predicted octanol–water partition coefficient (Wildman–Crippen LogP) is 4.97. The summed E-state index contributed by atoms with van der Waals surface area (Å²) >= 11 is 0. The standard InChI is InChI=1S/C25H23N3O6/c1-15-11-22(34-17-7-5-16(6-8-17)12-23(29)32-3)19(13-21(15)28(30)31)20-14-27(2)24-18(20)9-10-26-25(24)33-4/h5-11,13-14H,12H2,1-4H3. The largest absolute Gasteiger partial charge is 0.479 e. The normalized spacial score (nSPS) is 10.8. The molecule has 9 nitrogen and oxygen atoms in total. The van der Waals surface area contributed by atoms with Crippen LogP contribution in [0.2, 0.25) is 0 Å². The van der Waals surface area contributed by atoms with Crippen LogP contribution in [-0.4, -0.2) is 34.7 Å². The Bertz CT molecular complexity index is 1390. The van der Waals surface area contributed by atoms with Crippen molar-refractivity contribution in [2.24, 2.45) is 7.05 Å². The minimum absolute atomic E-state index is 0.00574. The van der Waals surface area contributed by atoms with E-state index in [2.05, 4.69) is 4.98 Å². The van der Waals surface area contributed by atoms with Crippen molar-refractivity contribution in [1.29, 1.82) is 0 Å². The van der Waals surface area contributed by atoms with E-state index in [1.165, 1.54) is 13.2 Å². The fourth-order valence-corrected chi connectivity index (χ4v) is 3.89. The molecule has 4 aromatic rings. The van der Waals surface area contributed by atoms with Gasteiger partial charge in [-0.15, -0.1) is 0 Å². The number of carbonyl (C=O) groups excluding carboxylic acids is 1. The summed E-state index contributed by atoms with van der Waals surface area (Å²) in [6.45, 7) is 1.67. The van der Waals surface area contributed by atoms with E-state index in [-0.39, 0.29) is 18.1 Å². The molecule has 0 radical (unpaired) electrons. The number of fused-ring (bicyclic) bond motifs is 1. The van der Waals surface area contributed by atoms with Crippen LogP contribution >= 0.6 is 0 Å². The molecule has 0 atom stereocenters. The van der Waals surface area contributed by atoms with E-state index in [1.807, 2.05) is 23.9 Å². The quantitative estimate of drug-likeness (QED) is 0.217. The summed E-state index contributed by atoms with van der Waals surface area (Å²) in [7, 11) is 4.75. The molecular weight excluding hydrogens is 438 g/mol. The fraction of sp³-hybridized carbons (Fsp3) is 0.200. The molecule has 0 aliphatic rings. The van der Waals surface area contributed by atoms with Gasteiger partial charge < -0.3 is 18.8 Å². The number of nitro benzene ring substituents is 1. The Morgan fingerprint density at radius 1 is 1.12 bits per heavy atom. The van der Waals surface area contributed by atoms with Crippen molar-refractivity contribution in [3.05, 3.63) is 76.1 Å². The molecule has 2 aromatic carbocycles. The molecule has 0 fully saturated rings. The molecule has 0 N–H and O–H groups in total. The van der Waals surface area contributed by atoms with Gasteiger partial charge >= 0.3 is 5.97 Å². The maximum Gasteiger partial charge on any atom is 0.309 e. The second-order valence-corrected chi connectivity index (χ2v) is 7.76. The Kier molecular flexibility index (Phi) is 6.18. The van der Waals surface area contributed by atoms with Gasteiger partial charge in [0.2, 0.25) is 5.88 Å². The lowest BCUT2D eigenvalue weighted by Gasteiger charge is -2.13. The average molecular weight is 461 g/mol. The first-order chi connectivity index (χ1) is 16.3. The lowest BCUT2D eigenvalue weighted by Crippen LogP contribution is -2.04. The number of methoxy groups -OCH3 is 2. The van der Waals surface area contributed by atoms with Gasteiger partial charge in [-0.25, -0.2) is 4.98 Å². The molecule has 174 valence electrons. The summed E-state index contributed by atoms with van der Waals surface area (Å²) in [5, 5.41) is 12.5. The lowest BCUT2D eigenvalue weighted by molar-refractivity contribution is -0.385. The van der Waals surface area contributed by atoms with Crippen LogP contribution in [-0.2, 0) is 23.0 Å². The first-order valence-electron chi connectivity index (χ1n) is 10.4. The second kappa shape index (κ2) is 9.22. The van der Waals surface area contributed by atoms with Crippen LogP contribution in [0.25, 0.3) is 22.0 Å². The van der Waals surface area contributed by atoms with Crippen LogP contribution in [0.4, 0.5) is 5.69 Å². The Hall–Kier alpha value is -4.40. The van der Waals surface area contributed by atoms with Crippen molar-refractivity contribution in [2.45, 2.75) is 13.3 Å². The van der Waals surface area contributed by atoms with Gasteiger partial charge in [0.25, 0.3) is 5.69 Å². The van der Waals surface area contributed by atoms with Crippen molar-refractivity contribution in [3.8, 4) is 28.5 Å². The van der Waals surface area contributed by atoms with Crippen LogP contribution in [0.15, 0.2) is 54.9 Å². The Labute approximate surface area is 195 Å². The molecule has 2 heterocycles. The SMILES string of the molecule is COC(=O)Cc1ccc(Oc2cc(C)c([N+](=O)[O-])cc2-c2cn(C)c3c(OC)nccc23)cc1. The summed E-state index contributed by atoms with van der Waals surface area (Å²) in [5.74, 6) is 1.12. The van der Waals surface area contributed by atoms with Gasteiger partial charge in [-0.05, 0) is 36.8 Å². The minimum Gasteiger partial charge on any atom is -0.479 e. The highest BCUT2D eigenvalue weighted by Crippen LogP contribution is 2.42. The van der Waals surface area contributed by atoms with Crippen LogP contribution in [0, 0.1) is 17.0 Å². The summed E-state index contributed by atoms with van der Waals surface area (Å²) in [5.41, 5.74) is 3.34. The highest BCUT2D eigenvalue weighted by molar-refractivity contribution is 6.00. The third-order valence-electron chi connectivity index (χ3n) is 5.56. The highest BCUT2D eigenvalue weighted by atomic mass is 16.6. The first-order valence-corrected chi connectivity index (χ1v) is 10.4. The number of hydrogen-bond donors (Lipinski definition) is 0. The molecule has 0 saturated heterocycles. The zero-order valence-corrected chi connectivity index (χ0v) is 19.2. The zero-order valence-electron chi connectivity index (χ0n) is 19.2. The maximum atomic E-state index is 11.7. The second-order valence-electron chi connectivity index (χ2n) is 7.76. The number of rotatable bonds is 7. The molecule has 2 aromatic heterocycles. The number of aromatic nitrogens is 2. The Balaban J connectivity index is 1.82. The summed E-state index contributed by atoms with van der Waals surface area (Å²) < 4.78 is 18.2. The monoisotopic (exact) mass is 461 g/mol. The van der Waals surface area contributed by atoms with Gasteiger partial charge in [0.15, 0.2) is 0 Å². The molecule has 0 saturated carbocycles. The van der Waals surface area contributed by atoms with Crippen molar-refractivity contribution >= 4 is 22.6 Å². The van der Waals surface area contributed by atoms with Gasteiger partial charge in [0.1, 0.15) is 17.0 Å². The van der Waals surface area contributed by atoms with Crippen molar-refractivity contribution in [3.63, 3.8) is 0 Å². The number of hydrogen-bond acceptors (Lipinski definition) is 7. The minimum atomic E-state index is -0.405. The van der Waals surface area contributed by atoms with E-state index < -0.39 is 4.92 Å². The highest BCUT2D eigenvalue weighted by Gasteiger charge is 2.22. The Morgan fingerprint density at radius 2 is 1.85 bits per heavy atom. The molecule has 9 heteroatoms. The molecule has 0 spiro atoms. The lowest BCUT2D eigenvalue weighted by atomic mass is 10.0. The van der Waals surface area contributed by atoms with Crippen LogP contribution in [0.3, 0.4) is 0 Å². The molecular formula is C25H23N3O6. The number of ether oxygens (including phenoxy) is 3. The van der Waals surface area contributed by atoms with E-state index >= 15 is 0 Å².